The Morgan fingerprint density at radius 2 is 1.80 bits per heavy atom. The molecule has 1 aromatic carbocycles. The van der Waals surface area contributed by atoms with Gasteiger partial charge in [-0.2, -0.15) is 0 Å². The molecule has 0 aliphatic carbocycles. The molecule has 2 rings (SSSR count). The van der Waals surface area contributed by atoms with Gasteiger partial charge in [-0.05, 0) is 12.1 Å². The number of piperazine rings is 1. The molecular weight excluding hydrogens is 258 g/mol. The molecule has 0 spiro atoms. The van der Waals surface area contributed by atoms with E-state index in [9.17, 15) is 4.79 Å². The number of hydrogen-bond donors (Lipinski definition) is 1. The van der Waals surface area contributed by atoms with Crippen LogP contribution in [0.25, 0.3) is 0 Å². The van der Waals surface area contributed by atoms with Crippen molar-refractivity contribution in [3.63, 3.8) is 0 Å². The van der Waals surface area contributed by atoms with Crippen LogP contribution in [0.2, 0.25) is 0 Å². The number of methoxy groups -OCH3 is 2. The van der Waals surface area contributed by atoms with E-state index in [0.717, 1.165) is 43.4 Å². The van der Waals surface area contributed by atoms with Gasteiger partial charge in [-0.15, -0.1) is 0 Å². The van der Waals surface area contributed by atoms with Crippen molar-refractivity contribution in [1.29, 1.82) is 0 Å². The summed E-state index contributed by atoms with van der Waals surface area (Å²) < 4.78 is 10.6. The Balaban J connectivity index is 2.01. The predicted molar refractivity (Wildman–Crippen MR) is 77.4 cm³/mol. The van der Waals surface area contributed by atoms with E-state index < -0.39 is 0 Å². The summed E-state index contributed by atoms with van der Waals surface area (Å²) in [6.07, 6.45) is 0. The fourth-order valence-electron chi connectivity index (χ4n) is 2.41. The Bertz CT molecular complexity index is 471. The molecular formula is C14H21N3O3. The highest BCUT2D eigenvalue weighted by Gasteiger charge is 2.19. The van der Waals surface area contributed by atoms with Gasteiger partial charge in [0.2, 0.25) is 5.91 Å². The summed E-state index contributed by atoms with van der Waals surface area (Å²) in [5.74, 6) is 1.18. The van der Waals surface area contributed by atoms with Crippen LogP contribution in [0.5, 0.6) is 11.5 Å². The summed E-state index contributed by atoms with van der Waals surface area (Å²) in [6.45, 7) is 3.72. The van der Waals surface area contributed by atoms with Crippen LogP contribution in [0.15, 0.2) is 18.2 Å². The number of carbonyl (C=O) groups is 1. The Kier molecular flexibility index (Phi) is 4.68. The maximum Gasteiger partial charge on any atom is 0.231 e. The van der Waals surface area contributed by atoms with Crippen LogP contribution in [0, 0.1) is 0 Å². The minimum atomic E-state index is -0.274. The lowest BCUT2D eigenvalue weighted by Crippen LogP contribution is -2.48. The molecule has 1 saturated heterocycles. The molecule has 1 fully saturated rings. The molecule has 1 amide bonds. The molecule has 6 heteroatoms. The smallest absolute Gasteiger partial charge is 0.231 e. The second-order valence-electron chi connectivity index (χ2n) is 4.77. The summed E-state index contributed by atoms with van der Waals surface area (Å²) in [5, 5.41) is 0. The van der Waals surface area contributed by atoms with Crippen molar-refractivity contribution in [2.45, 2.75) is 0 Å². The number of nitrogens with two attached hydrogens (primary N) is 1. The SMILES string of the molecule is COc1ccc(N2CCN(CC(N)=O)CC2)cc1OC. The van der Waals surface area contributed by atoms with E-state index in [0.29, 0.717) is 6.54 Å². The lowest BCUT2D eigenvalue weighted by molar-refractivity contribution is -0.119. The van der Waals surface area contributed by atoms with Gasteiger partial charge in [0, 0.05) is 37.9 Å². The molecule has 1 aliphatic rings. The molecule has 0 bridgehead atoms. The van der Waals surface area contributed by atoms with Crippen LogP contribution in [-0.4, -0.2) is 57.8 Å². The Morgan fingerprint density at radius 1 is 1.15 bits per heavy atom. The Hall–Kier alpha value is -1.95. The normalized spacial score (nSPS) is 16.0. The number of benzene rings is 1. The van der Waals surface area contributed by atoms with Gasteiger partial charge in [-0.1, -0.05) is 0 Å². The van der Waals surface area contributed by atoms with Gasteiger partial charge in [-0.25, -0.2) is 0 Å². The van der Waals surface area contributed by atoms with E-state index in [2.05, 4.69) is 9.80 Å². The number of carbonyl (C=O) groups excluding carboxylic acids is 1. The Labute approximate surface area is 119 Å². The van der Waals surface area contributed by atoms with Gasteiger partial charge in [-0.3, -0.25) is 9.69 Å². The zero-order valence-corrected chi connectivity index (χ0v) is 12.0. The number of hydrogen-bond acceptors (Lipinski definition) is 5. The molecule has 1 heterocycles. The Morgan fingerprint density at radius 3 is 2.35 bits per heavy atom. The molecule has 0 saturated carbocycles. The third kappa shape index (κ3) is 3.33. The van der Waals surface area contributed by atoms with Crippen LogP contribution < -0.4 is 20.1 Å². The maximum atomic E-state index is 10.9. The van der Waals surface area contributed by atoms with Crippen LogP contribution in [0.3, 0.4) is 0 Å². The number of ether oxygens (including phenoxy) is 2. The molecule has 0 atom stereocenters. The zero-order valence-electron chi connectivity index (χ0n) is 12.0. The molecule has 0 radical (unpaired) electrons. The van der Waals surface area contributed by atoms with Gasteiger partial charge in [0.15, 0.2) is 11.5 Å². The van der Waals surface area contributed by atoms with Crippen molar-refractivity contribution in [2.75, 3.05) is 51.8 Å². The molecule has 0 aromatic heterocycles. The van der Waals surface area contributed by atoms with Gasteiger partial charge < -0.3 is 20.1 Å². The zero-order chi connectivity index (χ0) is 14.5. The van der Waals surface area contributed by atoms with Crippen LogP contribution in [-0.2, 0) is 4.79 Å². The summed E-state index contributed by atoms with van der Waals surface area (Å²) >= 11 is 0. The molecule has 110 valence electrons. The summed E-state index contributed by atoms with van der Waals surface area (Å²) in [4.78, 5) is 15.2. The van der Waals surface area contributed by atoms with Crippen molar-refractivity contribution in [2.24, 2.45) is 5.73 Å². The van der Waals surface area contributed by atoms with E-state index in [4.69, 9.17) is 15.2 Å². The van der Waals surface area contributed by atoms with E-state index in [1.807, 2.05) is 18.2 Å². The fourth-order valence-corrected chi connectivity index (χ4v) is 2.41. The van der Waals surface area contributed by atoms with E-state index in [1.54, 1.807) is 14.2 Å². The van der Waals surface area contributed by atoms with E-state index in [-0.39, 0.29) is 5.91 Å². The van der Waals surface area contributed by atoms with Crippen molar-refractivity contribution < 1.29 is 14.3 Å². The highest BCUT2D eigenvalue weighted by atomic mass is 16.5. The van der Waals surface area contributed by atoms with Gasteiger partial charge in [0.25, 0.3) is 0 Å². The highest BCUT2D eigenvalue weighted by Crippen LogP contribution is 2.31. The largest absolute Gasteiger partial charge is 0.493 e. The van der Waals surface area contributed by atoms with Crippen molar-refractivity contribution in [3.8, 4) is 11.5 Å². The van der Waals surface area contributed by atoms with Crippen molar-refractivity contribution in [3.05, 3.63) is 18.2 Å². The number of amides is 1. The average molecular weight is 279 g/mol. The minimum Gasteiger partial charge on any atom is -0.493 e. The second-order valence-corrected chi connectivity index (χ2v) is 4.77. The third-order valence-electron chi connectivity index (χ3n) is 3.48. The van der Waals surface area contributed by atoms with Gasteiger partial charge in [0.05, 0.1) is 20.8 Å². The average Bonchev–Trinajstić information content (AvgIpc) is 2.46. The van der Waals surface area contributed by atoms with E-state index in [1.165, 1.54) is 0 Å². The number of primary amides is 1. The first-order valence-corrected chi connectivity index (χ1v) is 6.61. The molecule has 1 aliphatic heterocycles. The summed E-state index contributed by atoms with van der Waals surface area (Å²) in [5.41, 5.74) is 6.31. The molecule has 20 heavy (non-hydrogen) atoms. The maximum absolute atomic E-state index is 10.9. The number of anilines is 1. The van der Waals surface area contributed by atoms with Crippen LogP contribution >= 0.6 is 0 Å². The lowest BCUT2D eigenvalue weighted by Gasteiger charge is -2.35. The first-order valence-electron chi connectivity index (χ1n) is 6.61. The van der Waals surface area contributed by atoms with Crippen LogP contribution in [0.1, 0.15) is 0 Å². The van der Waals surface area contributed by atoms with Crippen molar-refractivity contribution in [1.82, 2.24) is 4.90 Å². The summed E-state index contributed by atoms with van der Waals surface area (Å²) in [7, 11) is 3.26. The highest BCUT2D eigenvalue weighted by molar-refractivity contribution is 5.76. The van der Waals surface area contributed by atoms with E-state index >= 15 is 0 Å². The van der Waals surface area contributed by atoms with Gasteiger partial charge in [0.1, 0.15) is 0 Å². The molecule has 6 nitrogen and oxygen atoms in total. The first kappa shape index (κ1) is 14.5. The fraction of sp³-hybridized carbons (Fsp3) is 0.500. The second kappa shape index (κ2) is 6.47. The monoisotopic (exact) mass is 279 g/mol. The standard InChI is InChI=1S/C14H21N3O3/c1-19-12-4-3-11(9-13(12)20-2)17-7-5-16(6-8-17)10-14(15)18/h3-4,9H,5-8,10H2,1-2H3,(H2,15,18). The summed E-state index contributed by atoms with van der Waals surface area (Å²) in [6, 6.07) is 5.90. The third-order valence-corrected chi connectivity index (χ3v) is 3.48. The lowest BCUT2D eigenvalue weighted by atomic mass is 10.2. The molecule has 2 N–H and O–H groups in total. The first-order chi connectivity index (χ1) is 9.63. The van der Waals surface area contributed by atoms with Crippen LogP contribution in [0.4, 0.5) is 5.69 Å². The number of rotatable bonds is 5. The quantitative estimate of drug-likeness (QED) is 0.840. The molecule has 1 aromatic rings. The minimum absolute atomic E-state index is 0.274. The van der Waals surface area contributed by atoms with Crippen molar-refractivity contribution >= 4 is 11.6 Å². The predicted octanol–water partition coefficient (Wildman–Crippen LogP) is 0.311. The van der Waals surface area contributed by atoms with Gasteiger partial charge >= 0.3 is 0 Å². The topological polar surface area (TPSA) is 68.0 Å². The number of nitrogens with zero attached hydrogens (tertiary/aromatic N) is 2. The molecule has 0 unspecified atom stereocenters.